The monoisotopic (exact) mass is 236 g/mol. The maximum Gasteiger partial charge on any atom is 0.266 e. The molecule has 16 heavy (non-hydrogen) atoms. The second-order valence-corrected chi connectivity index (χ2v) is 4.76. The molecular weight excluding hydrogens is 224 g/mol. The highest BCUT2D eigenvalue weighted by Crippen LogP contribution is 2.24. The Morgan fingerprint density at radius 1 is 1.56 bits per heavy atom. The molecule has 2 aromatic rings. The van der Waals surface area contributed by atoms with E-state index in [0.29, 0.717) is 16.4 Å². The van der Waals surface area contributed by atoms with Crippen LogP contribution in [0.4, 0.5) is 11.5 Å². The van der Waals surface area contributed by atoms with E-state index in [1.807, 2.05) is 13.8 Å². The Balaban J connectivity index is 2.18. The summed E-state index contributed by atoms with van der Waals surface area (Å²) in [5, 5.41) is 9.29. The summed E-state index contributed by atoms with van der Waals surface area (Å²) in [7, 11) is 0. The molecule has 84 valence electrons. The molecule has 0 aromatic carbocycles. The molecule has 0 bridgehead atoms. The van der Waals surface area contributed by atoms with Crippen molar-refractivity contribution in [2.24, 2.45) is 0 Å². The second kappa shape index (κ2) is 3.97. The summed E-state index contributed by atoms with van der Waals surface area (Å²) in [6, 6.07) is 1.68. The van der Waals surface area contributed by atoms with E-state index in [1.165, 1.54) is 11.3 Å². The molecule has 0 aliphatic heterocycles. The van der Waals surface area contributed by atoms with Gasteiger partial charge < -0.3 is 11.1 Å². The van der Waals surface area contributed by atoms with Crippen LogP contribution in [0.5, 0.6) is 0 Å². The molecule has 0 aliphatic carbocycles. The first-order valence-corrected chi connectivity index (χ1v) is 5.57. The fourth-order valence-electron chi connectivity index (χ4n) is 1.26. The molecule has 6 heteroatoms. The molecule has 5 nitrogen and oxygen atoms in total. The first kappa shape index (κ1) is 10.7. The lowest BCUT2D eigenvalue weighted by molar-refractivity contribution is 0.103. The Hall–Kier alpha value is -1.82. The van der Waals surface area contributed by atoms with Crippen LogP contribution in [0, 0.1) is 13.8 Å². The van der Waals surface area contributed by atoms with Crippen LogP contribution < -0.4 is 11.1 Å². The third-order valence-electron chi connectivity index (χ3n) is 2.25. The van der Waals surface area contributed by atoms with Crippen LogP contribution in [0.1, 0.15) is 20.1 Å². The number of carbonyl (C=O) groups excluding carboxylic acids is 1. The van der Waals surface area contributed by atoms with Crippen molar-refractivity contribution in [1.82, 2.24) is 10.2 Å². The van der Waals surface area contributed by atoms with E-state index < -0.39 is 0 Å². The van der Waals surface area contributed by atoms with Gasteiger partial charge in [-0.25, -0.2) is 0 Å². The molecule has 0 saturated heterocycles. The third kappa shape index (κ3) is 1.92. The summed E-state index contributed by atoms with van der Waals surface area (Å²) < 4.78 is 0. The van der Waals surface area contributed by atoms with Crippen molar-refractivity contribution in [3.8, 4) is 0 Å². The van der Waals surface area contributed by atoms with Crippen molar-refractivity contribution in [1.29, 1.82) is 0 Å². The second-order valence-electron chi connectivity index (χ2n) is 3.50. The summed E-state index contributed by atoms with van der Waals surface area (Å²) in [5.74, 6) is 0.451. The molecule has 0 fully saturated rings. The first-order chi connectivity index (χ1) is 7.58. The highest BCUT2D eigenvalue weighted by atomic mass is 32.1. The van der Waals surface area contributed by atoms with E-state index in [2.05, 4.69) is 15.5 Å². The predicted molar refractivity (Wildman–Crippen MR) is 64.7 cm³/mol. The molecule has 4 N–H and O–H groups in total. The number of rotatable bonds is 2. The van der Waals surface area contributed by atoms with Gasteiger partial charge in [0.2, 0.25) is 0 Å². The predicted octanol–water partition coefficient (Wildman–Crippen LogP) is 1.92. The van der Waals surface area contributed by atoms with Gasteiger partial charge in [-0.05, 0) is 19.9 Å². The number of aromatic nitrogens is 2. The molecule has 2 rings (SSSR count). The van der Waals surface area contributed by atoms with E-state index in [4.69, 9.17) is 5.73 Å². The van der Waals surface area contributed by atoms with E-state index in [1.54, 1.807) is 12.3 Å². The van der Waals surface area contributed by atoms with Crippen LogP contribution in [-0.2, 0) is 0 Å². The molecule has 0 atom stereocenters. The van der Waals surface area contributed by atoms with Crippen molar-refractivity contribution >= 4 is 28.7 Å². The zero-order chi connectivity index (χ0) is 11.7. The minimum atomic E-state index is -0.169. The summed E-state index contributed by atoms with van der Waals surface area (Å²) in [5.41, 5.74) is 7.24. The van der Waals surface area contributed by atoms with Gasteiger partial charge in [0, 0.05) is 16.1 Å². The quantitative estimate of drug-likeness (QED) is 0.744. The largest absolute Gasteiger partial charge is 0.398 e. The number of nitrogens with two attached hydrogens (primary N) is 1. The van der Waals surface area contributed by atoms with Gasteiger partial charge in [0.25, 0.3) is 5.91 Å². The van der Waals surface area contributed by atoms with Crippen molar-refractivity contribution in [3.05, 3.63) is 27.6 Å². The van der Waals surface area contributed by atoms with Gasteiger partial charge in [0.15, 0.2) is 0 Å². The van der Waals surface area contributed by atoms with Crippen LogP contribution in [0.25, 0.3) is 0 Å². The van der Waals surface area contributed by atoms with Gasteiger partial charge in [0.1, 0.15) is 5.82 Å². The molecule has 0 spiro atoms. The molecule has 0 saturated carbocycles. The van der Waals surface area contributed by atoms with Crippen molar-refractivity contribution in [3.63, 3.8) is 0 Å². The highest BCUT2D eigenvalue weighted by Gasteiger charge is 2.12. The van der Waals surface area contributed by atoms with Crippen LogP contribution in [0.3, 0.4) is 0 Å². The van der Waals surface area contributed by atoms with Crippen LogP contribution in [0.2, 0.25) is 0 Å². The average Bonchev–Trinajstić information content (AvgIpc) is 2.76. The molecule has 0 unspecified atom stereocenters. The number of aryl methyl sites for hydroxylation is 2. The number of hydrogen-bond donors (Lipinski definition) is 3. The maximum absolute atomic E-state index is 11.8. The zero-order valence-corrected chi connectivity index (χ0v) is 9.81. The normalized spacial score (nSPS) is 10.4. The Morgan fingerprint density at radius 2 is 2.31 bits per heavy atom. The highest BCUT2D eigenvalue weighted by molar-refractivity contribution is 7.14. The van der Waals surface area contributed by atoms with Gasteiger partial charge in [-0.1, -0.05) is 0 Å². The van der Waals surface area contributed by atoms with Crippen LogP contribution >= 0.6 is 11.3 Å². The summed E-state index contributed by atoms with van der Waals surface area (Å²) in [6.07, 6.45) is 1.66. The van der Waals surface area contributed by atoms with E-state index in [0.717, 1.165) is 10.4 Å². The van der Waals surface area contributed by atoms with Gasteiger partial charge in [0.05, 0.1) is 11.1 Å². The third-order valence-corrected chi connectivity index (χ3v) is 3.31. The minimum absolute atomic E-state index is 0.169. The van der Waals surface area contributed by atoms with Gasteiger partial charge in [-0.2, -0.15) is 5.10 Å². The number of nitrogens with zero attached hydrogens (tertiary/aromatic N) is 1. The fourth-order valence-corrected chi connectivity index (χ4v) is 2.09. The van der Waals surface area contributed by atoms with Crippen LogP contribution in [0.15, 0.2) is 12.3 Å². The number of carbonyl (C=O) groups is 1. The molecular formula is C10H12N4OS. The number of thiophene rings is 1. The van der Waals surface area contributed by atoms with Gasteiger partial charge >= 0.3 is 0 Å². The SMILES string of the molecule is Cc1cn[nH]c1NC(=O)c1cc(N)c(C)s1. The lowest BCUT2D eigenvalue weighted by Crippen LogP contribution is -2.11. The van der Waals surface area contributed by atoms with Crippen molar-refractivity contribution < 1.29 is 4.79 Å². The number of H-pyrrole nitrogens is 1. The summed E-state index contributed by atoms with van der Waals surface area (Å²) in [4.78, 5) is 13.4. The van der Waals surface area contributed by atoms with Crippen molar-refractivity contribution in [2.45, 2.75) is 13.8 Å². The van der Waals surface area contributed by atoms with Crippen molar-refractivity contribution in [2.75, 3.05) is 11.1 Å². The first-order valence-electron chi connectivity index (χ1n) is 4.75. The number of nitrogens with one attached hydrogen (secondary N) is 2. The number of aromatic amines is 1. The Labute approximate surface area is 96.7 Å². The standard InChI is InChI=1S/C10H12N4OS/c1-5-4-12-14-9(5)13-10(15)8-3-7(11)6(2)16-8/h3-4H,11H2,1-2H3,(H2,12,13,14,15). The van der Waals surface area contributed by atoms with E-state index in [-0.39, 0.29) is 5.91 Å². The summed E-state index contributed by atoms with van der Waals surface area (Å²) >= 11 is 1.38. The maximum atomic E-state index is 11.8. The summed E-state index contributed by atoms with van der Waals surface area (Å²) in [6.45, 7) is 3.76. The van der Waals surface area contributed by atoms with Gasteiger partial charge in [-0.3, -0.25) is 9.89 Å². The number of anilines is 2. The number of hydrogen-bond acceptors (Lipinski definition) is 4. The zero-order valence-electron chi connectivity index (χ0n) is 9.00. The van der Waals surface area contributed by atoms with E-state index in [9.17, 15) is 4.79 Å². The lowest BCUT2D eigenvalue weighted by Gasteiger charge is -2.00. The molecule has 2 aromatic heterocycles. The Morgan fingerprint density at radius 3 is 2.81 bits per heavy atom. The number of amides is 1. The molecule has 1 amide bonds. The smallest absolute Gasteiger partial charge is 0.266 e. The fraction of sp³-hybridized carbons (Fsp3) is 0.200. The Bertz CT molecular complexity index is 509. The topological polar surface area (TPSA) is 83.8 Å². The van der Waals surface area contributed by atoms with Crippen LogP contribution in [-0.4, -0.2) is 16.1 Å². The van der Waals surface area contributed by atoms with E-state index >= 15 is 0 Å². The minimum Gasteiger partial charge on any atom is -0.398 e. The van der Waals surface area contributed by atoms with Gasteiger partial charge in [-0.15, -0.1) is 11.3 Å². The average molecular weight is 236 g/mol. The number of nitrogen functional groups attached to an aromatic ring is 1. The molecule has 0 aliphatic rings. The Kier molecular flexibility index (Phi) is 2.66. The molecule has 0 radical (unpaired) electrons. The lowest BCUT2D eigenvalue weighted by atomic mass is 10.3. The molecule has 2 heterocycles.